The van der Waals surface area contributed by atoms with Gasteiger partial charge in [0.2, 0.25) is 5.91 Å². The van der Waals surface area contributed by atoms with Gasteiger partial charge in [-0.15, -0.1) is 0 Å². The van der Waals surface area contributed by atoms with Gasteiger partial charge in [0.1, 0.15) is 5.82 Å². The fourth-order valence-corrected chi connectivity index (χ4v) is 3.45. The van der Waals surface area contributed by atoms with Gasteiger partial charge in [-0.05, 0) is 43.9 Å². The van der Waals surface area contributed by atoms with Crippen molar-refractivity contribution in [3.8, 4) is 11.1 Å². The monoisotopic (exact) mass is 392 g/mol. The van der Waals surface area contributed by atoms with Crippen LogP contribution in [-0.4, -0.2) is 25.5 Å². The first-order valence-electron chi connectivity index (χ1n) is 9.84. The lowest BCUT2D eigenvalue weighted by molar-refractivity contribution is -0.117. The molecule has 1 unspecified atom stereocenters. The maximum atomic E-state index is 13.0. The molecule has 1 amide bonds. The lowest BCUT2D eigenvalue weighted by Gasteiger charge is -2.13. The van der Waals surface area contributed by atoms with E-state index in [1.165, 1.54) is 0 Å². The lowest BCUT2D eigenvalue weighted by Crippen LogP contribution is -2.20. The Morgan fingerprint density at radius 3 is 2.66 bits per heavy atom. The van der Waals surface area contributed by atoms with Gasteiger partial charge in [0, 0.05) is 47.9 Å². The highest BCUT2D eigenvalue weighted by Gasteiger charge is 2.29. The van der Waals surface area contributed by atoms with Crippen molar-refractivity contribution in [1.29, 1.82) is 0 Å². The number of carbonyl (C=O) groups excluding carboxylic acids is 1. The molecular weight excluding hydrogens is 368 g/mol. The molecule has 7 nitrogen and oxygen atoms in total. The van der Waals surface area contributed by atoms with Gasteiger partial charge in [0.15, 0.2) is 0 Å². The van der Waals surface area contributed by atoms with E-state index in [0.29, 0.717) is 29.0 Å². The van der Waals surface area contributed by atoms with Crippen molar-refractivity contribution in [3.05, 3.63) is 52.2 Å². The van der Waals surface area contributed by atoms with Crippen LogP contribution in [0.3, 0.4) is 0 Å². The van der Waals surface area contributed by atoms with Crippen molar-refractivity contribution < 1.29 is 9.90 Å². The van der Waals surface area contributed by atoms with E-state index in [1.807, 2.05) is 19.9 Å². The summed E-state index contributed by atoms with van der Waals surface area (Å²) in [5, 5.41) is 13.6. The maximum absolute atomic E-state index is 13.0. The number of nitrogens with zero attached hydrogens (tertiary/aromatic N) is 3. The molecule has 1 aliphatic rings. The number of aliphatic hydroxyl groups excluding tert-OH is 1. The van der Waals surface area contributed by atoms with Crippen molar-refractivity contribution in [1.82, 2.24) is 14.5 Å². The predicted octanol–water partition coefficient (Wildman–Crippen LogP) is 3.10. The van der Waals surface area contributed by atoms with E-state index >= 15 is 0 Å². The Morgan fingerprint density at radius 1 is 1.24 bits per heavy atom. The number of nitrogens with one attached hydrogen (secondary N) is 1. The zero-order valence-corrected chi connectivity index (χ0v) is 16.8. The highest BCUT2D eigenvalue weighted by Crippen LogP contribution is 2.30. The summed E-state index contributed by atoms with van der Waals surface area (Å²) < 4.78 is 1.56. The van der Waals surface area contributed by atoms with Crippen molar-refractivity contribution >= 4 is 22.6 Å². The highest BCUT2D eigenvalue weighted by molar-refractivity contribution is 5.95. The molecule has 0 saturated heterocycles. The molecule has 1 fully saturated rings. The summed E-state index contributed by atoms with van der Waals surface area (Å²) in [6.07, 6.45) is 5.11. The third kappa shape index (κ3) is 3.65. The number of hydrogen-bond donors (Lipinski definition) is 2. The molecule has 3 aromatic rings. The van der Waals surface area contributed by atoms with Crippen LogP contribution in [0.15, 0.2) is 35.4 Å². The maximum Gasteiger partial charge on any atom is 0.258 e. The van der Waals surface area contributed by atoms with Gasteiger partial charge in [-0.3, -0.25) is 14.6 Å². The third-order valence-corrected chi connectivity index (χ3v) is 5.46. The zero-order chi connectivity index (χ0) is 20.7. The van der Waals surface area contributed by atoms with Crippen LogP contribution in [0.5, 0.6) is 0 Å². The minimum absolute atomic E-state index is 0.0190. The standard InChI is InChI=1S/C22H24N4O3/c1-4-19(27)17-7-12(2)16(11-23-17)15-8-14-10-24-20(25-21(28)13-5-6-13)9-18(14)26(3)22(15)29/h7-11,13,19,27H,4-6H2,1-3H3,(H,24,25,28). The number of carbonyl (C=O) groups is 1. The van der Waals surface area contributed by atoms with Crippen LogP contribution in [0, 0.1) is 12.8 Å². The lowest BCUT2D eigenvalue weighted by atomic mass is 10.0. The molecule has 3 aromatic heterocycles. The van der Waals surface area contributed by atoms with E-state index in [4.69, 9.17) is 0 Å². The number of hydrogen-bond acceptors (Lipinski definition) is 5. The second kappa shape index (κ2) is 7.40. The van der Waals surface area contributed by atoms with Gasteiger partial charge >= 0.3 is 0 Å². The second-order valence-corrected chi connectivity index (χ2v) is 7.66. The molecule has 150 valence electrons. The molecular formula is C22H24N4O3. The normalized spacial score (nSPS) is 14.8. The molecule has 0 aliphatic heterocycles. The van der Waals surface area contributed by atoms with Crippen LogP contribution >= 0.6 is 0 Å². The second-order valence-electron chi connectivity index (χ2n) is 7.66. The van der Waals surface area contributed by atoms with Gasteiger partial charge in [0.25, 0.3) is 5.56 Å². The Morgan fingerprint density at radius 2 is 2.00 bits per heavy atom. The molecule has 3 heterocycles. The smallest absolute Gasteiger partial charge is 0.258 e. The summed E-state index contributed by atoms with van der Waals surface area (Å²) in [7, 11) is 1.71. The van der Waals surface area contributed by atoms with E-state index in [0.717, 1.165) is 29.4 Å². The number of rotatable bonds is 5. The highest BCUT2D eigenvalue weighted by atomic mass is 16.3. The van der Waals surface area contributed by atoms with Crippen LogP contribution < -0.4 is 10.9 Å². The van der Waals surface area contributed by atoms with Gasteiger partial charge in [-0.2, -0.15) is 0 Å². The zero-order valence-electron chi connectivity index (χ0n) is 16.8. The first-order chi connectivity index (χ1) is 13.9. The average Bonchev–Trinajstić information content (AvgIpc) is 3.56. The number of aromatic nitrogens is 3. The average molecular weight is 392 g/mol. The Kier molecular flexibility index (Phi) is 4.92. The SMILES string of the molecule is CCC(O)c1cc(C)c(-c2cc3cnc(NC(=O)C4CC4)cc3n(C)c2=O)cn1. The number of aryl methyl sites for hydroxylation is 2. The Bertz CT molecular complexity index is 1160. The molecule has 29 heavy (non-hydrogen) atoms. The number of amides is 1. The van der Waals surface area contributed by atoms with E-state index in [2.05, 4.69) is 15.3 Å². The molecule has 1 aliphatic carbocycles. The molecule has 0 aromatic carbocycles. The van der Waals surface area contributed by atoms with E-state index < -0.39 is 6.10 Å². The van der Waals surface area contributed by atoms with Gasteiger partial charge in [0.05, 0.1) is 17.3 Å². The summed E-state index contributed by atoms with van der Waals surface area (Å²) in [5.74, 6) is 0.519. The van der Waals surface area contributed by atoms with E-state index in [9.17, 15) is 14.7 Å². The fourth-order valence-electron chi connectivity index (χ4n) is 3.45. The summed E-state index contributed by atoms with van der Waals surface area (Å²) >= 11 is 0. The minimum Gasteiger partial charge on any atom is -0.387 e. The van der Waals surface area contributed by atoms with Crippen LogP contribution in [0.1, 0.15) is 43.5 Å². The topological polar surface area (TPSA) is 97.1 Å². The Labute approximate surface area is 168 Å². The Balaban J connectivity index is 1.75. The van der Waals surface area contributed by atoms with Gasteiger partial charge in [-0.1, -0.05) is 6.92 Å². The van der Waals surface area contributed by atoms with Crippen LogP contribution in [-0.2, 0) is 11.8 Å². The van der Waals surface area contributed by atoms with E-state index in [1.54, 1.807) is 36.1 Å². The first kappa shape index (κ1) is 19.3. The molecule has 7 heteroatoms. The number of aliphatic hydroxyl groups is 1. The molecule has 2 N–H and O–H groups in total. The van der Waals surface area contributed by atoms with Crippen molar-refractivity contribution in [2.24, 2.45) is 13.0 Å². The molecule has 0 radical (unpaired) electrons. The largest absolute Gasteiger partial charge is 0.387 e. The number of fused-ring (bicyclic) bond motifs is 1. The fraction of sp³-hybridized carbons (Fsp3) is 0.364. The van der Waals surface area contributed by atoms with Gasteiger partial charge in [-0.25, -0.2) is 4.98 Å². The summed E-state index contributed by atoms with van der Waals surface area (Å²) in [5.41, 5.74) is 3.27. The van der Waals surface area contributed by atoms with E-state index in [-0.39, 0.29) is 17.4 Å². The van der Waals surface area contributed by atoms with Crippen LogP contribution in [0.2, 0.25) is 0 Å². The quantitative estimate of drug-likeness (QED) is 0.695. The summed E-state index contributed by atoms with van der Waals surface area (Å²) in [6.45, 7) is 3.80. The molecule has 1 saturated carbocycles. The molecule has 0 bridgehead atoms. The van der Waals surface area contributed by atoms with Crippen molar-refractivity contribution in [2.45, 2.75) is 39.2 Å². The minimum atomic E-state index is -0.615. The first-order valence-corrected chi connectivity index (χ1v) is 9.84. The number of pyridine rings is 3. The van der Waals surface area contributed by atoms with Crippen molar-refractivity contribution in [2.75, 3.05) is 5.32 Å². The molecule has 4 rings (SSSR count). The summed E-state index contributed by atoms with van der Waals surface area (Å²) in [6, 6.07) is 5.35. The van der Waals surface area contributed by atoms with Crippen molar-refractivity contribution in [3.63, 3.8) is 0 Å². The third-order valence-electron chi connectivity index (χ3n) is 5.46. The predicted molar refractivity (Wildman–Crippen MR) is 112 cm³/mol. The van der Waals surface area contributed by atoms with Crippen LogP contribution in [0.25, 0.3) is 22.0 Å². The molecule has 0 spiro atoms. The van der Waals surface area contributed by atoms with Gasteiger partial charge < -0.3 is 15.0 Å². The summed E-state index contributed by atoms with van der Waals surface area (Å²) in [4.78, 5) is 33.7. The number of anilines is 1. The van der Waals surface area contributed by atoms with Crippen LogP contribution in [0.4, 0.5) is 5.82 Å². The Hall–Kier alpha value is -3.06. The molecule has 1 atom stereocenters.